The summed E-state index contributed by atoms with van der Waals surface area (Å²) in [5.74, 6) is -11.2. The molecule has 0 aliphatic heterocycles. The summed E-state index contributed by atoms with van der Waals surface area (Å²) in [6.07, 6.45) is 0. The first-order valence-corrected chi connectivity index (χ1v) is 17.4. The predicted octanol–water partition coefficient (Wildman–Crippen LogP) is -2.27. The van der Waals surface area contributed by atoms with E-state index in [1.165, 1.54) is 48.5 Å². The van der Waals surface area contributed by atoms with Crippen molar-refractivity contribution in [1.82, 2.24) is 0 Å². The summed E-state index contributed by atoms with van der Waals surface area (Å²) in [5, 5.41) is 102. The molecule has 0 heterocycles. The van der Waals surface area contributed by atoms with Crippen molar-refractivity contribution < 1.29 is 109 Å². The Labute approximate surface area is 362 Å². The standard InChI is InChI=1S/C6H4BF3O2.3C6H5BF2O2.2C6H6BFO2/c8-4-2-1-3(7(11)12)5(9)6(4)10;8-5-1-4(7(10)11)2-6(9)3-5;8-4-1-2-5(7(10)11)6(9)3-4;8-5-3-1-2-4(6(5)9)7(10)11;8-6-3-1-5(2-4-6)7(9)10;8-6-3-1-2-5(4-6)7(9)10/h1-2,11-12H;3*1-3,10-11H;2*1-4,9-10H. The molecular weight excluding hydrogens is 898 g/mol. The second kappa shape index (κ2) is 28.4. The lowest BCUT2D eigenvalue weighted by Gasteiger charge is -2.01. The molecule has 0 aliphatic rings. The molecule has 0 radical (unpaired) electrons. The molecule has 6 aromatic rings. The van der Waals surface area contributed by atoms with Gasteiger partial charge in [0.2, 0.25) is 0 Å². The van der Waals surface area contributed by atoms with Gasteiger partial charge in [0, 0.05) is 28.5 Å². The average Bonchev–Trinajstić information content (AvgIpc) is 3.21. The molecule has 12 nitrogen and oxygen atoms in total. The molecule has 0 unspecified atom stereocenters. The van der Waals surface area contributed by atoms with Gasteiger partial charge >= 0.3 is 42.7 Å². The van der Waals surface area contributed by atoms with Crippen LogP contribution >= 0.6 is 0 Å². The fourth-order valence-electron chi connectivity index (χ4n) is 4.20. The van der Waals surface area contributed by atoms with Gasteiger partial charge in [-0.3, -0.25) is 0 Å². The summed E-state index contributed by atoms with van der Waals surface area (Å²) < 4.78 is 136. The van der Waals surface area contributed by atoms with E-state index < -0.39 is 112 Å². The van der Waals surface area contributed by atoms with E-state index in [2.05, 4.69) is 0 Å². The first kappa shape index (κ1) is 57.5. The van der Waals surface area contributed by atoms with Gasteiger partial charge in [0.05, 0.1) is 0 Å². The first-order chi connectivity index (χ1) is 30.3. The van der Waals surface area contributed by atoms with Gasteiger partial charge in [-0.2, -0.15) is 0 Å². The summed E-state index contributed by atoms with van der Waals surface area (Å²) in [6, 6.07) is 19.6. The van der Waals surface area contributed by atoms with E-state index >= 15 is 0 Å². The van der Waals surface area contributed by atoms with Gasteiger partial charge in [-0.05, 0) is 71.0 Å². The van der Waals surface area contributed by atoms with Crippen LogP contribution in [0.1, 0.15) is 0 Å². The highest BCUT2D eigenvalue weighted by atomic mass is 19.2. The van der Waals surface area contributed by atoms with E-state index in [0.29, 0.717) is 23.7 Å². The number of rotatable bonds is 6. The van der Waals surface area contributed by atoms with Gasteiger partial charge in [0.25, 0.3) is 0 Å². The molecule has 12 N–H and O–H groups in total. The number of benzene rings is 6. The third kappa shape index (κ3) is 20.9. The van der Waals surface area contributed by atoms with Crippen LogP contribution in [0.15, 0.2) is 115 Å². The largest absolute Gasteiger partial charge is 0.491 e. The Morgan fingerprint density at radius 2 is 0.662 bits per heavy atom. The Balaban J connectivity index is 0.000000390. The molecule has 6 aromatic carbocycles. The van der Waals surface area contributed by atoms with Crippen molar-refractivity contribution in [2.75, 3.05) is 0 Å². The van der Waals surface area contributed by atoms with E-state index in [1.54, 1.807) is 0 Å². The van der Waals surface area contributed by atoms with Crippen molar-refractivity contribution in [2.24, 2.45) is 0 Å². The van der Waals surface area contributed by atoms with Gasteiger partial charge in [-0.1, -0.05) is 48.5 Å². The molecular formula is C36H31B6F11O12. The highest BCUT2D eigenvalue weighted by Gasteiger charge is 2.22. The third-order valence-electron chi connectivity index (χ3n) is 7.34. The minimum absolute atomic E-state index is 0.167. The number of hydrogen-bond acceptors (Lipinski definition) is 12. The van der Waals surface area contributed by atoms with Crippen molar-refractivity contribution in [3.8, 4) is 0 Å². The van der Waals surface area contributed by atoms with Gasteiger partial charge in [-0.15, -0.1) is 0 Å². The summed E-state index contributed by atoms with van der Waals surface area (Å²) >= 11 is 0. The maximum atomic E-state index is 12.6. The summed E-state index contributed by atoms with van der Waals surface area (Å²) in [5.41, 5.74) is -1.20. The van der Waals surface area contributed by atoms with E-state index in [-0.39, 0.29) is 22.2 Å². The van der Waals surface area contributed by atoms with Crippen molar-refractivity contribution in [3.63, 3.8) is 0 Å². The molecule has 6 rings (SSSR count). The fraction of sp³-hybridized carbons (Fsp3) is 0. The molecule has 0 saturated heterocycles. The van der Waals surface area contributed by atoms with Crippen LogP contribution in [0, 0.1) is 64.0 Å². The van der Waals surface area contributed by atoms with Crippen molar-refractivity contribution >= 4 is 75.5 Å². The second-order valence-corrected chi connectivity index (χ2v) is 12.1. The van der Waals surface area contributed by atoms with Crippen LogP contribution < -0.4 is 32.8 Å². The highest BCUT2D eigenvalue weighted by molar-refractivity contribution is 6.60. The monoisotopic (exact) mass is 930 g/mol. The zero-order valence-corrected chi connectivity index (χ0v) is 32.5. The van der Waals surface area contributed by atoms with Gasteiger partial charge in [0.15, 0.2) is 29.1 Å². The highest BCUT2D eigenvalue weighted by Crippen LogP contribution is 2.08. The minimum atomic E-state index is -2.14. The Morgan fingerprint density at radius 3 is 1.09 bits per heavy atom. The molecule has 65 heavy (non-hydrogen) atoms. The molecule has 29 heteroatoms. The van der Waals surface area contributed by atoms with Crippen molar-refractivity contribution in [1.29, 1.82) is 0 Å². The maximum Gasteiger partial charge on any atom is 0.491 e. The minimum Gasteiger partial charge on any atom is -0.423 e. The first-order valence-electron chi connectivity index (χ1n) is 17.4. The van der Waals surface area contributed by atoms with E-state index in [9.17, 15) is 48.3 Å². The quantitative estimate of drug-likeness (QED) is 0.0481. The normalized spacial score (nSPS) is 9.77. The van der Waals surface area contributed by atoms with Crippen LogP contribution in [-0.2, 0) is 0 Å². The van der Waals surface area contributed by atoms with Crippen LogP contribution in [0.4, 0.5) is 48.3 Å². The van der Waals surface area contributed by atoms with Gasteiger partial charge in [0.1, 0.15) is 34.9 Å². The topological polar surface area (TPSA) is 243 Å². The van der Waals surface area contributed by atoms with Crippen LogP contribution in [0.25, 0.3) is 0 Å². The fourth-order valence-corrected chi connectivity index (χ4v) is 4.20. The molecule has 0 atom stereocenters. The van der Waals surface area contributed by atoms with Crippen LogP contribution in [0.3, 0.4) is 0 Å². The summed E-state index contributed by atoms with van der Waals surface area (Å²) in [6.45, 7) is 0. The van der Waals surface area contributed by atoms with Gasteiger partial charge < -0.3 is 60.3 Å². The average molecular weight is 929 g/mol. The number of halogens is 11. The summed E-state index contributed by atoms with van der Waals surface area (Å²) in [4.78, 5) is 0. The summed E-state index contributed by atoms with van der Waals surface area (Å²) in [7, 11) is -10.9. The lowest BCUT2D eigenvalue weighted by molar-refractivity contribution is 0.414. The predicted molar refractivity (Wildman–Crippen MR) is 217 cm³/mol. The van der Waals surface area contributed by atoms with E-state index in [1.807, 2.05) is 0 Å². The molecule has 342 valence electrons. The molecule has 0 aliphatic carbocycles. The van der Waals surface area contributed by atoms with Crippen LogP contribution in [0.2, 0.25) is 0 Å². The van der Waals surface area contributed by atoms with Crippen molar-refractivity contribution in [2.45, 2.75) is 0 Å². The Morgan fingerprint density at radius 1 is 0.246 bits per heavy atom. The Hall–Kier alpha value is -5.54. The van der Waals surface area contributed by atoms with E-state index in [0.717, 1.165) is 48.5 Å². The smallest absolute Gasteiger partial charge is 0.423 e. The SMILES string of the molecule is OB(O)c1cc(F)cc(F)c1.OB(O)c1ccc(F)c(F)c1F.OB(O)c1ccc(F)cc1.OB(O)c1ccc(F)cc1F.OB(O)c1cccc(F)c1.OB(O)c1cccc(F)c1F. The van der Waals surface area contributed by atoms with Gasteiger partial charge in [-0.25, -0.2) is 48.3 Å². The lowest BCUT2D eigenvalue weighted by atomic mass is 9.80. The molecule has 0 aromatic heterocycles. The molecule has 0 amide bonds. The zero-order chi connectivity index (χ0) is 49.7. The Kier molecular flexibility index (Phi) is 25.1. The second-order valence-electron chi connectivity index (χ2n) is 12.1. The molecule has 0 saturated carbocycles. The van der Waals surface area contributed by atoms with E-state index in [4.69, 9.17) is 60.3 Å². The van der Waals surface area contributed by atoms with Crippen LogP contribution in [-0.4, -0.2) is 103 Å². The van der Waals surface area contributed by atoms with Crippen LogP contribution in [0.5, 0.6) is 0 Å². The third-order valence-corrected chi connectivity index (χ3v) is 7.34. The number of hydrogen-bond donors (Lipinski definition) is 12. The molecule has 0 spiro atoms. The zero-order valence-electron chi connectivity index (χ0n) is 32.5. The Bertz CT molecular complexity index is 2360. The molecule has 0 bridgehead atoms. The van der Waals surface area contributed by atoms with Crippen molar-refractivity contribution in [3.05, 3.63) is 179 Å². The molecule has 0 fully saturated rings. The maximum absolute atomic E-state index is 12.6. The lowest BCUT2D eigenvalue weighted by Crippen LogP contribution is -2.33.